The van der Waals surface area contributed by atoms with Crippen molar-refractivity contribution in [2.24, 2.45) is 0 Å². The molecule has 4 nitrogen and oxygen atoms in total. The number of aromatic nitrogens is 1. The highest BCUT2D eigenvalue weighted by Gasteiger charge is 2.11. The molecule has 0 aliphatic rings. The number of rotatable bonds is 8. The summed E-state index contributed by atoms with van der Waals surface area (Å²) < 4.78 is 16.9. The van der Waals surface area contributed by atoms with Crippen LogP contribution >= 0.6 is 0 Å². The van der Waals surface area contributed by atoms with Gasteiger partial charge in [-0.1, -0.05) is 6.07 Å². The first kappa shape index (κ1) is 16.3. The van der Waals surface area contributed by atoms with E-state index in [4.69, 9.17) is 14.2 Å². The Morgan fingerprint density at radius 1 is 1.09 bits per heavy atom. The van der Waals surface area contributed by atoms with Crippen molar-refractivity contribution in [2.75, 3.05) is 19.8 Å². The molecule has 0 radical (unpaired) electrons. The summed E-state index contributed by atoms with van der Waals surface area (Å²) in [6.07, 6.45) is 1.86. The van der Waals surface area contributed by atoms with Gasteiger partial charge in [-0.3, -0.25) is 4.98 Å². The number of benzene rings is 1. The van der Waals surface area contributed by atoms with Crippen molar-refractivity contribution < 1.29 is 14.2 Å². The first-order valence-electron chi connectivity index (χ1n) is 7.63. The Hall–Kier alpha value is -2.07. The highest BCUT2D eigenvalue weighted by molar-refractivity contribution is 5.68. The standard InChI is InChI=1S/C18H23NO3/c1-4-20-11-12-21-15-8-9-16(17-7-5-6-10-19-17)18(13-15)22-14(2)3/h5-10,13-14H,4,11-12H2,1-3H3. The Kier molecular flexibility index (Phi) is 6.22. The summed E-state index contributed by atoms with van der Waals surface area (Å²) in [5.74, 6) is 1.55. The molecule has 0 amide bonds. The van der Waals surface area contributed by atoms with Crippen molar-refractivity contribution in [3.05, 3.63) is 42.6 Å². The zero-order chi connectivity index (χ0) is 15.8. The van der Waals surface area contributed by atoms with Gasteiger partial charge in [0.15, 0.2) is 0 Å². The van der Waals surface area contributed by atoms with E-state index in [1.54, 1.807) is 6.20 Å². The quantitative estimate of drug-likeness (QED) is 0.692. The van der Waals surface area contributed by atoms with Gasteiger partial charge in [-0.25, -0.2) is 0 Å². The third-order valence-electron chi connectivity index (χ3n) is 2.96. The lowest BCUT2D eigenvalue weighted by Gasteiger charge is -2.16. The van der Waals surface area contributed by atoms with E-state index in [0.717, 1.165) is 22.8 Å². The van der Waals surface area contributed by atoms with Gasteiger partial charge in [0, 0.05) is 24.4 Å². The van der Waals surface area contributed by atoms with Crippen LogP contribution in [0.4, 0.5) is 0 Å². The molecule has 0 saturated heterocycles. The van der Waals surface area contributed by atoms with E-state index in [9.17, 15) is 0 Å². The molecule has 22 heavy (non-hydrogen) atoms. The van der Waals surface area contributed by atoms with Crippen LogP contribution in [0.3, 0.4) is 0 Å². The van der Waals surface area contributed by atoms with Crippen LogP contribution in [0.1, 0.15) is 20.8 Å². The topological polar surface area (TPSA) is 40.6 Å². The van der Waals surface area contributed by atoms with Crippen LogP contribution in [-0.4, -0.2) is 30.9 Å². The number of nitrogens with zero attached hydrogens (tertiary/aromatic N) is 1. The minimum absolute atomic E-state index is 0.0844. The van der Waals surface area contributed by atoms with Crippen molar-refractivity contribution in [3.63, 3.8) is 0 Å². The van der Waals surface area contributed by atoms with Gasteiger partial charge in [0.05, 0.1) is 18.4 Å². The molecule has 0 fully saturated rings. The molecule has 0 spiro atoms. The number of ether oxygens (including phenoxy) is 3. The average molecular weight is 301 g/mol. The predicted molar refractivity (Wildman–Crippen MR) is 87.4 cm³/mol. The second-order valence-electron chi connectivity index (χ2n) is 5.08. The summed E-state index contributed by atoms with van der Waals surface area (Å²) in [5, 5.41) is 0. The fraction of sp³-hybridized carbons (Fsp3) is 0.389. The largest absolute Gasteiger partial charge is 0.491 e. The fourth-order valence-electron chi connectivity index (χ4n) is 2.04. The zero-order valence-corrected chi connectivity index (χ0v) is 13.4. The maximum atomic E-state index is 5.92. The Balaban J connectivity index is 2.19. The summed E-state index contributed by atoms with van der Waals surface area (Å²) in [6, 6.07) is 11.7. The molecule has 118 valence electrons. The van der Waals surface area contributed by atoms with Crippen molar-refractivity contribution in [1.82, 2.24) is 4.98 Å². The molecule has 0 aliphatic carbocycles. The Morgan fingerprint density at radius 3 is 2.64 bits per heavy atom. The average Bonchev–Trinajstić information content (AvgIpc) is 2.52. The monoisotopic (exact) mass is 301 g/mol. The van der Waals surface area contributed by atoms with Gasteiger partial charge in [-0.15, -0.1) is 0 Å². The van der Waals surface area contributed by atoms with Gasteiger partial charge in [-0.05, 0) is 45.0 Å². The smallest absolute Gasteiger partial charge is 0.132 e. The van der Waals surface area contributed by atoms with Gasteiger partial charge in [0.25, 0.3) is 0 Å². The van der Waals surface area contributed by atoms with Crippen molar-refractivity contribution in [3.8, 4) is 22.8 Å². The van der Waals surface area contributed by atoms with Gasteiger partial charge < -0.3 is 14.2 Å². The van der Waals surface area contributed by atoms with Gasteiger partial charge in [0.2, 0.25) is 0 Å². The van der Waals surface area contributed by atoms with E-state index in [1.165, 1.54) is 0 Å². The Labute approximate surface area is 132 Å². The molecular formula is C18H23NO3. The summed E-state index contributed by atoms with van der Waals surface area (Å²) >= 11 is 0. The van der Waals surface area contributed by atoms with Crippen LogP contribution in [-0.2, 0) is 4.74 Å². The number of hydrogen-bond acceptors (Lipinski definition) is 4. The summed E-state index contributed by atoms with van der Waals surface area (Å²) in [6.45, 7) is 7.78. The van der Waals surface area contributed by atoms with Crippen LogP contribution < -0.4 is 9.47 Å². The van der Waals surface area contributed by atoms with Crippen LogP contribution in [0.2, 0.25) is 0 Å². The Bertz CT molecular complexity index is 570. The Morgan fingerprint density at radius 2 is 1.95 bits per heavy atom. The highest BCUT2D eigenvalue weighted by atomic mass is 16.5. The molecular weight excluding hydrogens is 278 g/mol. The summed E-state index contributed by atoms with van der Waals surface area (Å²) in [5.41, 5.74) is 1.85. The first-order valence-corrected chi connectivity index (χ1v) is 7.63. The zero-order valence-electron chi connectivity index (χ0n) is 13.4. The van der Waals surface area contributed by atoms with Crippen molar-refractivity contribution >= 4 is 0 Å². The molecule has 0 aliphatic heterocycles. The lowest BCUT2D eigenvalue weighted by molar-refractivity contribution is 0.110. The normalized spacial score (nSPS) is 10.7. The molecule has 0 N–H and O–H groups in total. The number of pyridine rings is 1. The molecule has 0 bridgehead atoms. The molecule has 2 rings (SSSR count). The molecule has 1 aromatic heterocycles. The molecule has 2 aromatic rings. The summed E-state index contributed by atoms with van der Waals surface area (Å²) in [7, 11) is 0. The minimum Gasteiger partial charge on any atom is -0.491 e. The van der Waals surface area contributed by atoms with Crippen LogP contribution in [0.5, 0.6) is 11.5 Å². The predicted octanol–water partition coefficient (Wildman–Crippen LogP) is 3.95. The maximum Gasteiger partial charge on any atom is 0.132 e. The SMILES string of the molecule is CCOCCOc1ccc(-c2ccccn2)c(OC(C)C)c1. The van der Waals surface area contributed by atoms with E-state index in [0.29, 0.717) is 19.8 Å². The second kappa shape index (κ2) is 8.39. The van der Waals surface area contributed by atoms with Crippen LogP contribution in [0.15, 0.2) is 42.6 Å². The minimum atomic E-state index is 0.0844. The second-order valence-corrected chi connectivity index (χ2v) is 5.08. The summed E-state index contributed by atoms with van der Waals surface area (Å²) in [4.78, 5) is 4.39. The molecule has 0 atom stereocenters. The van der Waals surface area contributed by atoms with E-state index < -0.39 is 0 Å². The maximum absolute atomic E-state index is 5.92. The van der Waals surface area contributed by atoms with E-state index in [2.05, 4.69) is 4.98 Å². The van der Waals surface area contributed by atoms with Gasteiger partial charge in [-0.2, -0.15) is 0 Å². The molecule has 0 saturated carbocycles. The third-order valence-corrected chi connectivity index (χ3v) is 2.96. The van der Waals surface area contributed by atoms with Crippen molar-refractivity contribution in [1.29, 1.82) is 0 Å². The van der Waals surface area contributed by atoms with E-state index in [1.807, 2.05) is 57.2 Å². The van der Waals surface area contributed by atoms with Gasteiger partial charge >= 0.3 is 0 Å². The highest BCUT2D eigenvalue weighted by Crippen LogP contribution is 2.33. The lowest BCUT2D eigenvalue weighted by Crippen LogP contribution is -2.08. The fourth-order valence-corrected chi connectivity index (χ4v) is 2.04. The van der Waals surface area contributed by atoms with E-state index >= 15 is 0 Å². The van der Waals surface area contributed by atoms with Crippen molar-refractivity contribution in [2.45, 2.75) is 26.9 Å². The third kappa shape index (κ3) is 4.74. The first-order chi connectivity index (χ1) is 10.7. The van der Waals surface area contributed by atoms with Crippen LogP contribution in [0, 0.1) is 0 Å². The molecule has 1 aromatic carbocycles. The lowest BCUT2D eigenvalue weighted by atomic mass is 10.1. The van der Waals surface area contributed by atoms with E-state index in [-0.39, 0.29) is 6.10 Å². The molecule has 4 heteroatoms. The number of hydrogen-bond donors (Lipinski definition) is 0. The van der Waals surface area contributed by atoms with Crippen LogP contribution in [0.25, 0.3) is 11.3 Å². The molecule has 1 heterocycles. The molecule has 0 unspecified atom stereocenters. The van der Waals surface area contributed by atoms with Gasteiger partial charge in [0.1, 0.15) is 18.1 Å².